The van der Waals surface area contributed by atoms with Crippen molar-refractivity contribution in [2.45, 2.75) is 39.3 Å². The van der Waals surface area contributed by atoms with E-state index in [1.165, 1.54) is 6.92 Å². The molecule has 1 unspecified atom stereocenters. The van der Waals surface area contributed by atoms with Crippen LogP contribution < -0.4 is 0 Å². The number of carbonyl (C=O) groups excluding carboxylic acids is 1. The number of nitrogens with zero attached hydrogens (tertiary/aromatic N) is 3. The Labute approximate surface area is 136 Å². The average Bonchev–Trinajstić information content (AvgIpc) is 2.75. The molecule has 0 spiro atoms. The van der Waals surface area contributed by atoms with Gasteiger partial charge >= 0.3 is 12.5 Å². The molecule has 128 valence electrons. The molecule has 0 radical (unpaired) electrons. The third-order valence-corrected chi connectivity index (χ3v) is 5.04. The van der Waals surface area contributed by atoms with E-state index in [0.717, 1.165) is 5.75 Å². The number of hydrogen-bond donors (Lipinski definition) is 1. The van der Waals surface area contributed by atoms with Gasteiger partial charge in [-0.25, -0.2) is 4.68 Å². The first-order valence-corrected chi connectivity index (χ1v) is 8.38. The molecule has 1 aromatic heterocycles. The van der Waals surface area contributed by atoms with Crippen LogP contribution in [-0.2, 0) is 16.0 Å². The van der Waals surface area contributed by atoms with Crippen molar-refractivity contribution in [1.29, 1.82) is 0 Å². The number of thioether (sulfide) groups is 1. The van der Waals surface area contributed by atoms with E-state index in [1.807, 2.05) is 0 Å². The van der Waals surface area contributed by atoms with Crippen molar-refractivity contribution in [3.8, 4) is 0 Å². The molecule has 1 N–H and O–H groups in total. The van der Waals surface area contributed by atoms with E-state index in [-0.39, 0.29) is 30.5 Å². The minimum absolute atomic E-state index is 0.0365. The van der Waals surface area contributed by atoms with Crippen LogP contribution in [-0.4, -0.2) is 55.8 Å². The summed E-state index contributed by atoms with van der Waals surface area (Å²) >= 11 is 1.61. The molecule has 6 nitrogen and oxygen atoms in total. The number of halogens is 2. The Morgan fingerprint density at radius 3 is 2.70 bits per heavy atom. The minimum Gasteiger partial charge on any atom is -0.481 e. The summed E-state index contributed by atoms with van der Waals surface area (Å²) in [5.74, 6) is 0.132. The number of carboxylic acids is 1. The van der Waals surface area contributed by atoms with Gasteiger partial charge in [-0.05, 0) is 13.8 Å². The molecule has 23 heavy (non-hydrogen) atoms. The summed E-state index contributed by atoms with van der Waals surface area (Å²) in [5, 5.41) is 12.7. The van der Waals surface area contributed by atoms with Crippen LogP contribution in [0, 0.1) is 13.8 Å². The van der Waals surface area contributed by atoms with E-state index in [0.29, 0.717) is 28.2 Å². The van der Waals surface area contributed by atoms with Gasteiger partial charge in [0, 0.05) is 29.3 Å². The fourth-order valence-electron chi connectivity index (χ4n) is 2.75. The molecule has 2 heterocycles. The number of carbonyl (C=O) groups is 2. The molecule has 1 amide bonds. The van der Waals surface area contributed by atoms with Crippen LogP contribution in [0.3, 0.4) is 0 Å². The first-order chi connectivity index (χ1) is 10.8. The van der Waals surface area contributed by atoms with Gasteiger partial charge in [0.15, 0.2) is 0 Å². The molecule has 2 rings (SSSR count). The van der Waals surface area contributed by atoms with E-state index in [9.17, 15) is 18.4 Å². The van der Waals surface area contributed by atoms with E-state index in [1.54, 1.807) is 23.6 Å². The molecule has 1 atom stereocenters. The summed E-state index contributed by atoms with van der Waals surface area (Å²) in [6.45, 7) is 0.830. The van der Waals surface area contributed by atoms with Gasteiger partial charge < -0.3 is 10.0 Å². The summed E-state index contributed by atoms with van der Waals surface area (Å²) in [7, 11) is 0. The Morgan fingerprint density at radius 1 is 1.43 bits per heavy atom. The summed E-state index contributed by atoms with van der Waals surface area (Å²) in [5.41, 5.74) is 1.16. The Bertz CT molecular complexity index is 606. The quantitative estimate of drug-likeness (QED) is 0.880. The smallest absolute Gasteiger partial charge is 0.333 e. The van der Waals surface area contributed by atoms with Crippen LogP contribution in [0.15, 0.2) is 0 Å². The maximum atomic E-state index is 12.9. The van der Waals surface area contributed by atoms with Gasteiger partial charge in [-0.15, -0.1) is 0 Å². The van der Waals surface area contributed by atoms with E-state index in [2.05, 4.69) is 5.10 Å². The topological polar surface area (TPSA) is 75.4 Å². The molecular formula is C14H19F2N3O3S. The van der Waals surface area contributed by atoms with Crippen LogP contribution in [0.4, 0.5) is 8.78 Å². The molecule has 1 aliphatic rings. The van der Waals surface area contributed by atoms with Crippen molar-refractivity contribution >= 4 is 23.6 Å². The lowest BCUT2D eigenvalue weighted by Gasteiger charge is -2.34. The predicted octanol–water partition coefficient (Wildman–Crippen LogP) is 1.86. The number of amides is 1. The van der Waals surface area contributed by atoms with Crippen molar-refractivity contribution in [3.63, 3.8) is 0 Å². The number of carboxylic acid groups (broad SMARTS) is 1. The molecule has 1 aliphatic heterocycles. The fourth-order valence-corrected chi connectivity index (χ4v) is 3.81. The largest absolute Gasteiger partial charge is 0.481 e. The summed E-state index contributed by atoms with van der Waals surface area (Å²) in [6.07, 6.45) is -0.141. The molecule has 9 heteroatoms. The van der Waals surface area contributed by atoms with Crippen LogP contribution in [0.25, 0.3) is 0 Å². The Hall–Kier alpha value is -1.64. The van der Waals surface area contributed by atoms with E-state index >= 15 is 0 Å². The molecule has 0 bridgehead atoms. The maximum absolute atomic E-state index is 12.9. The second-order valence-corrected chi connectivity index (χ2v) is 6.61. The third kappa shape index (κ3) is 4.01. The number of alkyl halides is 2. The Balaban J connectivity index is 2.16. The molecule has 1 fully saturated rings. The lowest BCUT2D eigenvalue weighted by molar-refractivity contribution is -0.140. The highest BCUT2D eigenvalue weighted by Crippen LogP contribution is 2.23. The van der Waals surface area contributed by atoms with Crippen molar-refractivity contribution in [3.05, 3.63) is 17.0 Å². The summed E-state index contributed by atoms with van der Waals surface area (Å²) in [6, 6.07) is -0.357. The fraction of sp³-hybridized carbons (Fsp3) is 0.643. The highest BCUT2D eigenvalue weighted by molar-refractivity contribution is 7.99. The van der Waals surface area contributed by atoms with Gasteiger partial charge in [0.2, 0.25) is 5.91 Å². The lowest BCUT2D eigenvalue weighted by Crippen LogP contribution is -2.47. The number of rotatable bonds is 5. The maximum Gasteiger partial charge on any atom is 0.333 e. The molecule has 1 saturated heterocycles. The molecule has 0 aliphatic carbocycles. The van der Waals surface area contributed by atoms with Crippen molar-refractivity contribution in [1.82, 2.24) is 14.7 Å². The number of aromatic nitrogens is 2. The normalized spacial score (nSPS) is 18.5. The van der Waals surface area contributed by atoms with Crippen LogP contribution >= 0.6 is 11.8 Å². The van der Waals surface area contributed by atoms with Gasteiger partial charge in [-0.2, -0.15) is 25.6 Å². The molecule has 0 saturated carbocycles. The average molecular weight is 347 g/mol. The van der Waals surface area contributed by atoms with Crippen LogP contribution in [0.2, 0.25) is 0 Å². The molecule has 1 aromatic rings. The lowest BCUT2D eigenvalue weighted by atomic mass is 10.1. The van der Waals surface area contributed by atoms with Crippen LogP contribution in [0.1, 0.15) is 29.9 Å². The van der Waals surface area contributed by atoms with Crippen LogP contribution in [0.5, 0.6) is 0 Å². The zero-order valence-corrected chi connectivity index (χ0v) is 13.8. The van der Waals surface area contributed by atoms with Gasteiger partial charge in [0.05, 0.1) is 24.6 Å². The zero-order chi connectivity index (χ0) is 17.1. The first-order valence-electron chi connectivity index (χ1n) is 7.23. The summed E-state index contributed by atoms with van der Waals surface area (Å²) in [4.78, 5) is 25.0. The second kappa shape index (κ2) is 7.29. The standard InChI is InChI=1S/C14H19F2N3O3S/c1-8-11(9(2)19(17-8)14(15)16)6-12(20)18-3-4-23-7-10(18)5-13(21)22/h10,14H,3-7H2,1-2H3,(H,21,22). The third-order valence-electron chi connectivity index (χ3n) is 3.95. The van der Waals surface area contributed by atoms with E-state index in [4.69, 9.17) is 5.11 Å². The SMILES string of the molecule is Cc1nn(C(F)F)c(C)c1CC(=O)N1CCSCC1CC(=O)O. The van der Waals surface area contributed by atoms with E-state index < -0.39 is 12.5 Å². The first kappa shape index (κ1) is 17.7. The zero-order valence-electron chi connectivity index (χ0n) is 13.0. The van der Waals surface area contributed by atoms with Gasteiger partial charge in [-0.3, -0.25) is 9.59 Å². The Morgan fingerprint density at radius 2 is 2.13 bits per heavy atom. The highest BCUT2D eigenvalue weighted by atomic mass is 32.2. The molecular weight excluding hydrogens is 328 g/mol. The van der Waals surface area contributed by atoms with Gasteiger partial charge in [-0.1, -0.05) is 0 Å². The Kier molecular flexibility index (Phi) is 5.61. The summed E-state index contributed by atoms with van der Waals surface area (Å²) < 4.78 is 26.3. The van der Waals surface area contributed by atoms with Crippen molar-refractivity contribution in [2.24, 2.45) is 0 Å². The van der Waals surface area contributed by atoms with Gasteiger partial charge in [0.25, 0.3) is 0 Å². The predicted molar refractivity (Wildman–Crippen MR) is 81.7 cm³/mol. The minimum atomic E-state index is -2.75. The molecule has 0 aromatic carbocycles. The van der Waals surface area contributed by atoms with Crippen molar-refractivity contribution < 1.29 is 23.5 Å². The number of aryl methyl sites for hydroxylation is 1. The highest BCUT2D eigenvalue weighted by Gasteiger charge is 2.30. The number of aliphatic carboxylic acids is 1. The number of hydrogen-bond acceptors (Lipinski definition) is 4. The van der Waals surface area contributed by atoms with Gasteiger partial charge in [0.1, 0.15) is 0 Å². The second-order valence-electron chi connectivity index (χ2n) is 5.46. The van der Waals surface area contributed by atoms with Crippen molar-refractivity contribution in [2.75, 3.05) is 18.1 Å². The monoisotopic (exact) mass is 347 g/mol.